The molecular weight excluding hydrogens is 258 g/mol. The highest BCUT2D eigenvalue weighted by atomic mass is 16.6. The molecular formula is C14H19N3O3. The molecule has 1 fully saturated rings. The van der Waals surface area contributed by atoms with Gasteiger partial charge in [-0.15, -0.1) is 0 Å². The molecule has 6 nitrogen and oxygen atoms in total. The van der Waals surface area contributed by atoms with Crippen LogP contribution in [0.2, 0.25) is 0 Å². The van der Waals surface area contributed by atoms with Crippen molar-refractivity contribution in [2.75, 3.05) is 5.73 Å². The molecule has 6 heteroatoms. The molecule has 0 saturated heterocycles. The van der Waals surface area contributed by atoms with Crippen LogP contribution in [0.25, 0.3) is 0 Å². The Morgan fingerprint density at radius 3 is 2.60 bits per heavy atom. The van der Waals surface area contributed by atoms with Crippen molar-refractivity contribution in [3.8, 4) is 0 Å². The van der Waals surface area contributed by atoms with Crippen LogP contribution in [0.1, 0.15) is 37.0 Å². The van der Waals surface area contributed by atoms with Gasteiger partial charge in [0.15, 0.2) is 0 Å². The van der Waals surface area contributed by atoms with E-state index in [0.717, 1.165) is 12.8 Å². The summed E-state index contributed by atoms with van der Waals surface area (Å²) in [5.74, 6) is 0.814. The van der Waals surface area contributed by atoms with Crippen molar-refractivity contribution in [1.29, 1.82) is 0 Å². The van der Waals surface area contributed by atoms with Crippen LogP contribution in [0.4, 0.5) is 11.4 Å². The second kappa shape index (κ2) is 5.48. The number of rotatable bonds is 3. The molecule has 1 aliphatic carbocycles. The summed E-state index contributed by atoms with van der Waals surface area (Å²) in [6.07, 6.45) is 2.07. The molecule has 1 aromatic carbocycles. The highest BCUT2D eigenvalue weighted by Crippen LogP contribution is 2.31. The van der Waals surface area contributed by atoms with Gasteiger partial charge in [-0.1, -0.05) is 13.8 Å². The molecule has 20 heavy (non-hydrogen) atoms. The number of benzene rings is 1. The van der Waals surface area contributed by atoms with Gasteiger partial charge in [0.2, 0.25) is 0 Å². The number of carbonyl (C=O) groups is 1. The van der Waals surface area contributed by atoms with Crippen molar-refractivity contribution in [1.82, 2.24) is 5.32 Å². The van der Waals surface area contributed by atoms with Crippen LogP contribution in [0.3, 0.4) is 0 Å². The molecule has 0 spiro atoms. The minimum atomic E-state index is -0.558. The van der Waals surface area contributed by atoms with Crippen LogP contribution < -0.4 is 11.1 Å². The van der Waals surface area contributed by atoms with Crippen LogP contribution in [0, 0.1) is 22.0 Å². The number of nitrogen functional groups attached to an aromatic ring is 1. The quantitative estimate of drug-likeness (QED) is 0.503. The van der Waals surface area contributed by atoms with E-state index in [9.17, 15) is 14.9 Å². The molecule has 1 amide bonds. The van der Waals surface area contributed by atoms with Crippen molar-refractivity contribution >= 4 is 17.3 Å². The van der Waals surface area contributed by atoms with Crippen molar-refractivity contribution < 1.29 is 9.72 Å². The Morgan fingerprint density at radius 1 is 1.40 bits per heavy atom. The second-order valence-corrected chi connectivity index (χ2v) is 5.52. The number of carbonyl (C=O) groups excluding carboxylic acids is 1. The number of anilines is 1. The van der Waals surface area contributed by atoms with E-state index in [1.54, 1.807) is 0 Å². The third-order valence-electron chi connectivity index (χ3n) is 4.27. The maximum Gasteiger partial charge on any atom is 0.292 e. The number of nitrogens with zero attached hydrogens (tertiary/aromatic N) is 1. The summed E-state index contributed by atoms with van der Waals surface area (Å²) in [6.45, 7) is 4.31. The summed E-state index contributed by atoms with van der Waals surface area (Å²) in [7, 11) is 0. The predicted octanol–water partition coefficient (Wildman–Crippen LogP) is 2.34. The van der Waals surface area contributed by atoms with Gasteiger partial charge < -0.3 is 11.1 Å². The number of nitro groups is 1. The normalized spacial score (nSPS) is 25.4. The Hall–Kier alpha value is -2.11. The first-order valence-electron chi connectivity index (χ1n) is 6.75. The molecule has 0 radical (unpaired) electrons. The molecule has 0 heterocycles. The van der Waals surface area contributed by atoms with E-state index < -0.39 is 4.92 Å². The molecule has 3 N–H and O–H groups in total. The van der Waals surface area contributed by atoms with E-state index in [4.69, 9.17) is 5.73 Å². The summed E-state index contributed by atoms with van der Waals surface area (Å²) in [6, 6.07) is 4.22. The first-order valence-corrected chi connectivity index (χ1v) is 6.75. The fourth-order valence-corrected chi connectivity index (χ4v) is 2.68. The number of hydrogen-bond donors (Lipinski definition) is 2. The van der Waals surface area contributed by atoms with Gasteiger partial charge in [-0.05, 0) is 36.8 Å². The molecule has 0 aliphatic heterocycles. The zero-order chi connectivity index (χ0) is 14.9. The van der Waals surface area contributed by atoms with Gasteiger partial charge in [0.1, 0.15) is 5.69 Å². The third kappa shape index (κ3) is 2.74. The second-order valence-electron chi connectivity index (χ2n) is 5.52. The lowest BCUT2D eigenvalue weighted by molar-refractivity contribution is -0.383. The fourth-order valence-electron chi connectivity index (χ4n) is 2.68. The zero-order valence-corrected chi connectivity index (χ0v) is 11.6. The molecule has 0 aromatic heterocycles. The number of nitro benzene ring substituents is 1. The monoisotopic (exact) mass is 277 g/mol. The predicted molar refractivity (Wildman–Crippen MR) is 76.3 cm³/mol. The lowest BCUT2D eigenvalue weighted by atomic mass is 9.97. The van der Waals surface area contributed by atoms with Gasteiger partial charge >= 0.3 is 0 Å². The van der Waals surface area contributed by atoms with E-state index in [-0.39, 0.29) is 23.3 Å². The molecule has 1 aliphatic rings. The smallest absolute Gasteiger partial charge is 0.292 e. The molecule has 1 saturated carbocycles. The van der Waals surface area contributed by atoms with Crippen LogP contribution in [-0.2, 0) is 0 Å². The molecule has 3 unspecified atom stereocenters. The molecule has 0 bridgehead atoms. The summed E-state index contributed by atoms with van der Waals surface area (Å²) in [5, 5.41) is 13.7. The highest BCUT2D eigenvalue weighted by Gasteiger charge is 2.31. The number of hydrogen-bond acceptors (Lipinski definition) is 4. The fraction of sp³-hybridized carbons (Fsp3) is 0.500. The SMILES string of the molecule is CC1CCC(NC(=O)c2ccc([N+](=O)[O-])c(N)c2)C1C. The lowest BCUT2D eigenvalue weighted by Crippen LogP contribution is -2.37. The third-order valence-corrected chi connectivity index (χ3v) is 4.27. The Labute approximate surface area is 117 Å². The Balaban J connectivity index is 2.10. The van der Waals surface area contributed by atoms with Gasteiger partial charge in [-0.25, -0.2) is 0 Å². The Bertz CT molecular complexity index is 544. The molecule has 2 rings (SSSR count). The van der Waals surface area contributed by atoms with E-state index >= 15 is 0 Å². The average Bonchev–Trinajstić information content (AvgIpc) is 2.70. The number of nitrogens with one attached hydrogen (secondary N) is 1. The standard InChI is InChI=1S/C14H19N3O3/c1-8-3-5-12(9(8)2)16-14(18)10-4-6-13(17(19)20)11(15)7-10/h4,6-9,12H,3,5,15H2,1-2H3,(H,16,18). The Morgan fingerprint density at radius 2 is 2.10 bits per heavy atom. The number of amides is 1. The van der Waals surface area contributed by atoms with E-state index in [0.29, 0.717) is 17.4 Å². The van der Waals surface area contributed by atoms with Gasteiger partial charge in [-0.2, -0.15) is 0 Å². The van der Waals surface area contributed by atoms with E-state index in [1.807, 2.05) is 0 Å². The maximum absolute atomic E-state index is 12.1. The Kier molecular flexibility index (Phi) is 3.92. The zero-order valence-electron chi connectivity index (χ0n) is 11.6. The summed E-state index contributed by atoms with van der Waals surface area (Å²) < 4.78 is 0. The van der Waals surface area contributed by atoms with Gasteiger partial charge in [0, 0.05) is 17.7 Å². The minimum absolute atomic E-state index is 0.00971. The van der Waals surface area contributed by atoms with Crippen LogP contribution in [0.5, 0.6) is 0 Å². The number of nitrogens with two attached hydrogens (primary N) is 1. The highest BCUT2D eigenvalue weighted by molar-refractivity contribution is 5.96. The average molecular weight is 277 g/mol. The van der Waals surface area contributed by atoms with Crippen LogP contribution >= 0.6 is 0 Å². The minimum Gasteiger partial charge on any atom is -0.393 e. The molecule has 3 atom stereocenters. The van der Waals surface area contributed by atoms with Gasteiger partial charge in [0.25, 0.3) is 11.6 Å². The summed E-state index contributed by atoms with van der Waals surface area (Å²) >= 11 is 0. The largest absolute Gasteiger partial charge is 0.393 e. The van der Waals surface area contributed by atoms with Crippen molar-refractivity contribution in [3.05, 3.63) is 33.9 Å². The van der Waals surface area contributed by atoms with Crippen LogP contribution in [-0.4, -0.2) is 16.9 Å². The summed E-state index contributed by atoms with van der Waals surface area (Å²) in [5.41, 5.74) is 5.79. The van der Waals surface area contributed by atoms with Crippen LogP contribution in [0.15, 0.2) is 18.2 Å². The lowest BCUT2D eigenvalue weighted by Gasteiger charge is -2.19. The van der Waals surface area contributed by atoms with Gasteiger partial charge in [-0.3, -0.25) is 14.9 Å². The first-order chi connectivity index (χ1) is 9.40. The molecule has 108 valence electrons. The van der Waals surface area contributed by atoms with Gasteiger partial charge in [0.05, 0.1) is 4.92 Å². The summed E-state index contributed by atoms with van der Waals surface area (Å²) in [4.78, 5) is 22.3. The van der Waals surface area contributed by atoms with E-state index in [1.165, 1.54) is 18.2 Å². The first kappa shape index (κ1) is 14.3. The van der Waals surface area contributed by atoms with Crippen molar-refractivity contribution in [2.45, 2.75) is 32.7 Å². The maximum atomic E-state index is 12.1. The molecule has 1 aromatic rings. The topological polar surface area (TPSA) is 98.3 Å². The van der Waals surface area contributed by atoms with Crippen molar-refractivity contribution in [2.24, 2.45) is 11.8 Å². The van der Waals surface area contributed by atoms with E-state index in [2.05, 4.69) is 19.2 Å². The van der Waals surface area contributed by atoms with Crippen molar-refractivity contribution in [3.63, 3.8) is 0 Å².